The van der Waals surface area contributed by atoms with Gasteiger partial charge in [-0.2, -0.15) is 0 Å². The third-order valence-electron chi connectivity index (χ3n) is 2.35. The molecular weight excluding hydrogens is 248 g/mol. The molecule has 0 spiro atoms. The van der Waals surface area contributed by atoms with Crippen molar-refractivity contribution < 1.29 is 14.1 Å². The van der Waals surface area contributed by atoms with Crippen LogP contribution in [0.5, 0.6) is 0 Å². The van der Waals surface area contributed by atoms with Gasteiger partial charge in [0.15, 0.2) is 5.76 Å². The van der Waals surface area contributed by atoms with E-state index in [1.807, 2.05) is 6.92 Å². The fourth-order valence-corrected chi connectivity index (χ4v) is 1.40. The molecule has 6 nitrogen and oxygen atoms in total. The highest BCUT2D eigenvalue weighted by Crippen LogP contribution is 2.16. The van der Waals surface area contributed by atoms with Gasteiger partial charge in [0.1, 0.15) is 4.92 Å². The summed E-state index contributed by atoms with van der Waals surface area (Å²) in [6, 6.07) is 2.36. The Balaban J connectivity index is 2.79. The van der Waals surface area contributed by atoms with Crippen LogP contribution in [0.25, 0.3) is 0 Å². The summed E-state index contributed by atoms with van der Waals surface area (Å²) in [5.41, 5.74) is 1.22. The van der Waals surface area contributed by atoms with Crippen LogP contribution in [-0.4, -0.2) is 10.8 Å². The number of hydrogen-bond acceptors (Lipinski definition) is 4. The maximum atomic E-state index is 11.8. The predicted octanol–water partition coefficient (Wildman–Crippen LogP) is 2.95. The molecule has 0 aliphatic carbocycles. The average molecular weight is 262 g/mol. The monoisotopic (exact) mass is 262 g/mol. The highest BCUT2D eigenvalue weighted by Gasteiger charge is 2.17. The van der Waals surface area contributed by atoms with Crippen molar-refractivity contribution in [1.82, 2.24) is 5.32 Å². The summed E-state index contributed by atoms with van der Waals surface area (Å²) in [5, 5.41) is 13.0. The lowest BCUT2D eigenvalue weighted by atomic mass is 10.1. The van der Waals surface area contributed by atoms with Crippen LogP contribution in [0.2, 0.25) is 0 Å². The number of nitrogens with zero attached hydrogens (tertiary/aromatic N) is 1. The molecule has 0 bridgehead atoms. The maximum Gasteiger partial charge on any atom is 0.433 e. The van der Waals surface area contributed by atoms with Crippen LogP contribution < -0.4 is 5.32 Å². The molecule has 0 saturated carbocycles. The van der Waals surface area contributed by atoms with Gasteiger partial charge in [0.25, 0.3) is 5.91 Å². The molecule has 0 aliphatic heterocycles. The molecule has 1 heterocycles. The number of furan rings is 1. The van der Waals surface area contributed by atoms with Gasteiger partial charge >= 0.3 is 5.88 Å². The van der Waals surface area contributed by atoms with Crippen LogP contribution in [0.1, 0.15) is 23.9 Å². The Morgan fingerprint density at radius 1 is 1.58 bits per heavy atom. The number of nitrogens with one attached hydrogen (secondary N) is 1. The van der Waals surface area contributed by atoms with Gasteiger partial charge in [-0.05, 0) is 18.1 Å². The van der Waals surface area contributed by atoms with Gasteiger partial charge in [-0.15, -0.1) is 0 Å². The molecule has 1 amide bonds. The van der Waals surface area contributed by atoms with Crippen LogP contribution >= 0.6 is 0 Å². The van der Waals surface area contributed by atoms with E-state index < -0.39 is 16.7 Å². The normalized spacial score (nSPS) is 10.9. The third kappa shape index (κ3) is 3.67. The van der Waals surface area contributed by atoms with E-state index in [2.05, 4.69) is 18.5 Å². The number of hydrogen-bond donors (Lipinski definition) is 1. The molecule has 6 heteroatoms. The number of amides is 1. The second-order valence-corrected chi connectivity index (χ2v) is 3.61. The predicted molar refractivity (Wildman–Crippen MR) is 70.5 cm³/mol. The van der Waals surface area contributed by atoms with Gasteiger partial charge in [-0.25, -0.2) is 0 Å². The van der Waals surface area contributed by atoms with Crippen molar-refractivity contribution in [3.63, 3.8) is 0 Å². The van der Waals surface area contributed by atoms with E-state index >= 15 is 0 Å². The summed E-state index contributed by atoms with van der Waals surface area (Å²) in [6.07, 6.45) is 3.99. The molecule has 0 atom stereocenters. The van der Waals surface area contributed by atoms with Crippen LogP contribution in [-0.2, 0) is 0 Å². The lowest BCUT2D eigenvalue weighted by Gasteiger charge is -2.08. The van der Waals surface area contributed by atoms with Crippen molar-refractivity contribution in [3.8, 4) is 0 Å². The largest absolute Gasteiger partial charge is 0.433 e. The molecule has 0 aromatic carbocycles. The number of nitro groups is 1. The van der Waals surface area contributed by atoms with Crippen LogP contribution in [0.4, 0.5) is 5.88 Å². The quantitative estimate of drug-likeness (QED) is 0.485. The first kappa shape index (κ1) is 14.4. The van der Waals surface area contributed by atoms with E-state index in [-0.39, 0.29) is 5.76 Å². The Kier molecular flexibility index (Phi) is 4.82. The van der Waals surface area contributed by atoms with Crippen LogP contribution in [0.15, 0.2) is 53.1 Å². The van der Waals surface area contributed by atoms with Crippen molar-refractivity contribution >= 4 is 11.8 Å². The van der Waals surface area contributed by atoms with Crippen molar-refractivity contribution in [2.45, 2.75) is 13.3 Å². The summed E-state index contributed by atoms with van der Waals surface area (Å²) in [5.74, 6) is -1.20. The molecule has 0 unspecified atom stereocenters. The van der Waals surface area contributed by atoms with E-state index in [9.17, 15) is 14.9 Å². The Hall–Kier alpha value is -2.63. The summed E-state index contributed by atoms with van der Waals surface area (Å²) < 4.78 is 4.79. The van der Waals surface area contributed by atoms with Crippen molar-refractivity contribution in [1.29, 1.82) is 0 Å². The first-order valence-electron chi connectivity index (χ1n) is 5.56. The first-order chi connectivity index (χ1) is 8.99. The van der Waals surface area contributed by atoms with Crippen LogP contribution in [0, 0.1) is 10.1 Å². The van der Waals surface area contributed by atoms with Crippen LogP contribution in [0.3, 0.4) is 0 Å². The zero-order chi connectivity index (χ0) is 14.4. The molecule has 1 rings (SSSR count). The smallest absolute Gasteiger partial charge is 0.395 e. The van der Waals surface area contributed by atoms with E-state index in [0.29, 0.717) is 12.1 Å². The highest BCUT2D eigenvalue weighted by molar-refractivity contribution is 5.93. The lowest BCUT2D eigenvalue weighted by Crippen LogP contribution is -2.22. The Labute approximate surface area is 110 Å². The minimum atomic E-state index is -0.708. The summed E-state index contributed by atoms with van der Waals surface area (Å²) in [6.45, 7) is 9.20. The molecule has 0 fully saturated rings. The second-order valence-electron chi connectivity index (χ2n) is 3.61. The maximum absolute atomic E-state index is 11.8. The van der Waals surface area contributed by atoms with Crippen molar-refractivity contribution in [2.75, 3.05) is 0 Å². The minimum Gasteiger partial charge on any atom is -0.395 e. The Bertz CT molecular complexity index is 555. The standard InChI is InChI=1S/C13H14N2O4/c1-4-6-10(5-2)9(3)14-13(16)11-7-8-12(19-11)15(17)18/h4,6-8H,1,3,5H2,2H3,(H,14,16)/b10-6-. The molecule has 19 heavy (non-hydrogen) atoms. The van der Waals surface area contributed by atoms with Gasteiger partial charge in [0.05, 0.1) is 6.07 Å². The minimum absolute atomic E-state index is 0.137. The Morgan fingerprint density at radius 2 is 2.26 bits per heavy atom. The SMILES string of the molecule is C=C/C=C(/CC)C(=C)NC(=O)c1ccc([N+](=O)[O-])o1. The molecule has 1 aromatic rings. The number of allylic oxidation sites excluding steroid dienone is 3. The topological polar surface area (TPSA) is 85.4 Å². The molecule has 0 radical (unpaired) electrons. The van der Waals surface area contributed by atoms with Gasteiger partial charge in [0.2, 0.25) is 0 Å². The number of carbonyl (C=O) groups excluding carboxylic acids is 1. The zero-order valence-electron chi connectivity index (χ0n) is 10.5. The highest BCUT2D eigenvalue weighted by atomic mass is 16.6. The number of carbonyl (C=O) groups is 1. The second kappa shape index (κ2) is 6.34. The average Bonchev–Trinajstić information content (AvgIpc) is 2.85. The molecule has 1 aromatic heterocycles. The van der Waals surface area contributed by atoms with E-state index in [1.165, 1.54) is 6.07 Å². The zero-order valence-corrected chi connectivity index (χ0v) is 10.5. The van der Waals surface area contributed by atoms with Gasteiger partial charge in [-0.1, -0.05) is 32.2 Å². The van der Waals surface area contributed by atoms with Gasteiger partial charge < -0.3 is 9.73 Å². The Morgan fingerprint density at radius 3 is 2.74 bits per heavy atom. The van der Waals surface area contributed by atoms with Gasteiger partial charge in [0, 0.05) is 5.70 Å². The third-order valence-corrected chi connectivity index (χ3v) is 2.35. The fourth-order valence-electron chi connectivity index (χ4n) is 1.40. The summed E-state index contributed by atoms with van der Waals surface area (Å²) in [7, 11) is 0. The van der Waals surface area contributed by atoms with Crippen molar-refractivity contribution in [3.05, 3.63) is 64.6 Å². The molecule has 100 valence electrons. The molecule has 0 saturated heterocycles. The molecule has 0 aliphatic rings. The number of rotatable bonds is 6. The van der Waals surface area contributed by atoms with E-state index in [4.69, 9.17) is 4.42 Å². The molecular formula is C13H14N2O4. The fraction of sp³-hybridized carbons (Fsp3) is 0.154. The first-order valence-corrected chi connectivity index (χ1v) is 5.56. The van der Waals surface area contributed by atoms with E-state index in [0.717, 1.165) is 11.6 Å². The summed E-state index contributed by atoms with van der Waals surface area (Å²) >= 11 is 0. The van der Waals surface area contributed by atoms with Gasteiger partial charge in [-0.3, -0.25) is 14.9 Å². The summed E-state index contributed by atoms with van der Waals surface area (Å²) in [4.78, 5) is 21.5. The van der Waals surface area contributed by atoms with E-state index in [1.54, 1.807) is 12.2 Å². The lowest BCUT2D eigenvalue weighted by molar-refractivity contribution is -0.402. The molecule has 1 N–H and O–H groups in total. The van der Waals surface area contributed by atoms with Crippen molar-refractivity contribution in [2.24, 2.45) is 0 Å².